The number of carbonyl (C=O) groups excluding carboxylic acids is 2. The van der Waals surface area contributed by atoms with E-state index in [-0.39, 0.29) is 11.8 Å². The minimum absolute atomic E-state index is 0.0436. The zero-order valence-electron chi connectivity index (χ0n) is 15.3. The van der Waals surface area contributed by atoms with E-state index in [2.05, 4.69) is 5.32 Å². The summed E-state index contributed by atoms with van der Waals surface area (Å²) in [6, 6.07) is 19.7. The van der Waals surface area contributed by atoms with Crippen molar-refractivity contribution in [2.45, 2.75) is 18.4 Å². The predicted octanol–water partition coefficient (Wildman–Crippen LogP) is 2.64. The molecule has 2 aromatic carbocycles. The molecule has 0 unspecified atom stereocenters. The van der Waals surface area contributed by atoms with Crippen LogP contribution < -0.4 is 5.32 Å². The van der Waals surface area contributed by atoms with Crippen LogP contribution in [-0.2, 0) is 4.79 Å². The Morgan fingerprint density at radius 1 is 1.00 bits per heavy atom. The van der Waals surface area contributed by atoms with Gasteiger partial charge in [0.15, 0.2) is 0 Å². The molecule has 5 rings (SSSR count). The van der Waals surface area contributed by atoms with Crippen LogP contribution in [-0.4, -0.2) is 44.9 Å². The number of nitrogens with zero attached hydrogens (tertiary/aromatic N) is 3. The number of carbonyl (C=O) groups is 2. The summed E-state index contributed by atoms with van der Waals surface area (Å²) in [6.07, 6.45) is 3.22. The Balaban J connectivity index is 1.58. The van der Waals surface area contributed by atoms with Crippen LogP contribution >= 0.6 is 0 Å². The van der Waals surface area contributed by atoms with Crippen LogP contribution in [0.15, 0.2) is 66.9 Å². The lowest BCUT2D eigenvalue weighted by Crippen LogP contribution is -2.59. The van der Waals surface area contributed by atoms with Crippen LogP contribution in [0.25, 0.3) is 17.1 Å². The smallest absolute Gasteiger partial charge is 0.275 e. The Morgan fingerprint density at radius 2 is 1.68 bits per heavy atom. The molecule has 1 aromatic heterocycles. The lowest BCUT2D eigenvalue weighted by Gasteiger charge is -2.34. The van der Waals surface area contributed by atoms with E-state index >= 15 is 0 Å². The summed E-state index contributed by atoms with van der Waals surface area (Å²) in [5.41, 5.74) is 1.57. The van der Waals surface area contributed by atoms with Gasteiger partial charge >= 0.3 is 0 Å². The van der Waals surface area contributed by atoms with Crippen molar-refractivity contribution in [3.05, 3.63) is 72.6 Å². The summed E-state index contributed by atoms with van der Waals surface area (Å²) in [5, 5.41) is 2.88. The molecule has 2 heterocycles. The second-order valence-electron chi connectivity index (χ2n) is 7.27. The summed E-state index contributed by atoms with van der Waals surface area (Å²) < 4.78 is 1.94. The first-order valence-corrected chi connectivity index (χ1v) is 9.50. The molecule has 6 nitrogen and oxygen atoms in total. The molecule has 0 bridgehead atoms. The third-order valence-electron chi connectivity index (χ3n) is 5.52. The van der Waals surface area contributed by atoms with Crippen LogP contribution in [0, 0.1) is 0 Å². The number of hydrogen-bond donors (Lipinski definition) is 1. The van der Waals surface area contributed by atoms with Gasteiger partial charge in [-0.1, -0.05) is 48.5 Å². The first-order valence-electron chi connectivity index (χ1n) is 9.50. The molecular weight excluding hydrogens is 352 g/mol. The Labute approximate surface area is 162 Å². The molecule has 0 atom stereocenters. The van der Waals surface area contributed by atoms with Gasteiger partial charge in [-0.25, -0.2) is 4.98 Å². The van der Waals surface area contributed by atoms with Gasteiger partial charge in [-0.2, -0.15) is 0 Å². The molecule has 140 valence electrons. The molecular formula is C22H20N4O2. The lowest BCUT2D eigenvalue weighted by molar-refractivity contribution is -0.129. The van der Waals surface area contributed by atoms with Crippen molar-refractivity contribution in [2.24, 2.45) is 0 Å². The number of piperazine rings is 1. The van der Waals surface area contributed by atoms with Crippen molar-refractivity contribution in [1.82, 2.24) is 19.8 Å². The average Bonchev–Trinajstić information content (AvgIpc) is 3.40. The standard InChI is InChI=1S/C22H20N4O2/c27-20(26-14-13-23-21(28)22(26)11-12-22)18-15-25(17-9-5-2-6-10-17)19(24-18)16-7-3-1-4-8-16/h1-10,15H,11-14H2,(H,23,28). The van der Waals surface area contributed by atoms with Gasteiger partial charge in [0.05, 0.1) is 0 Å². The highest BCUT2D eigenvalue weighted by Gasteiger charge is 2.58. The Kier molecular flexibility index (Phi) is 3.79. The normalized spacial score (nSPS) is 17.4. The molecule has 1 spiro atoms. The molecule has 0 radical (unpaired) electrons. The number of rotatable bonds is 3. The van der Waals surface area contributed by atoms with Crippen molar-refractivity contribution in [1.29, 1.82) is 0 Å². The summed E-state index contributed by atoms with van der Waals surface area (Å²) >= 11 is 0. The lowest BCUT2D eigenvalue weighted by atomic mass is 10.1. The predicted molar refractivity (Wildman–Crippen MR) is 105 cm³/mol. The maximum absolute atomic E-state index is 13.3. The summed E-state index contributed by atoms with van der Waals surface area (Å²) in [6.45, 7) is 1.00. The van der Waals surface area contributed by atoms with Gasteiger partial charge in [0.1, 0.15) is 17.1 Å². The van der Waals surface area contributed by atoms with Gasteiger partial charge in [-0.3, -0.25) is 14.2 Å². The van der Waals surface area contributed by atoms with Crippen LogP contribution in [0.1, 0.15) is 23.3 Å². The van der Waals surface area contributed by atoms with Crippen LogP contribution in [0.3, 0.4) is 0 Å². The fourth-order valence-electron chi connectivity index (χ4n) is 3.89. The molecule has 1 aliphatic carbocycles. The van der Waals surface area contributed by atoms with E-state index in [4.69, 9.17) is 4.98 Å². The highest BCUT2D eigenvalue weighted by Crippen LogP contribution is 2.43. The third-order valence-corrected chi connectivity index (χ3v) is 5.52. The first kappa shape index (κ1) is 16.7. The van der Waals surface area contributed by atoms with Crippen molar-refractivity contribution >= 4 is 11.8 Å². The van der Waals surface area contributed by atoms with Crippen molar-refractivity contribution in [3.63, 3.8) is 0 Å². The topological polar surface area (TPSA) is 67.2 Å². The van der Waals surface area contributed by atoms with Gasteiger partial charge < -0.3 is 10.2 Å². The van der Waals surface area contributed by atoms with Crippen LogP contribution in [0.5, 0.6) is 0 Å². The number of benzene rings is 2. The van der Waals surface area contributed by atoms with Gasteiger partial charge in [0.2, 0.25) is 5.91 Å². The first-order chi connectivity index (χ1) is 13.7. The quantitative estimate of drug-likeness (QED) is 0.769. The molecule has 3 aromatic rings. The number of aromatic nitrogens is 2. The van der Waals surface area contributed by atoms with E-state index in [9.17, 15) is 9.59 Å². The Bertz CT molecular complexity index is 982. The molecule has 1 saturated carbocycles. The number of hydrogen-bond acceptors (Lipinski definition) is 3. The maximum atomic E-state index is 13.3. The molecule has 1 aliphatic heterocycles. The molecule has 6 heteroatoms. The van der Waals surface area contributed by atoms with E-state index in [1.807, 2.05) is 65.2 Å². The third kappa shape index (κ3) is 2.60. The number of imidazole rings is 1. The zero-order chi connectivity index (χ0) is 19.1. The van der Waals surface area contributed by atoms with Gasteiger partial charge in [-0.15, -0.1) is 0 Å². The molecule has 2 fully saturated rings. The monoisotopic (exact) mass is 372 g/mol. The van der Waals surface area contributed by atoms with Gasteiger partial charge in [0.25, 0.3) is 5.91 Å². The van der Waals surface area contributed by atoms with Gasteiger partial charge in [0, 0.05) is 30.5 Å². The van der Waals surface area contributed by atoms with E-state index in [1.165, 1.54) is 0 Å². The van der Waals surface area contributed by atoms with Gasteiger partial charge in [-0.05, 0) is 25.0 Å². The average molecular weight is 372 g/mol. The van der Waals surface area contributed by atoms with E-state index in [0.29, 0.717) is 24.6 Å². The van der Waals surface area contributed by atoms with Crippen LogP contribution in [0.2, 0.25) is 0 Å². The number of amides is 2. The second-order valence-corrected chi connectivity index (χ2v) is 7.27. The Hall–Kier alpha value is -3.41. The van der Waals surface area contributed by atoms with E-state index < -0.39 is 5.54 Å². The molecule has 28 heavy (non-hydrogen) atoms. The Morgan fingerprint density at radius 3 is 2.36 bits per heavy atom. The minimum atomic E-state index is -0.668. The maximum Gasteiger partial charge on any atom is 0.275 e. The minimum Gasteiger partial charge on any atom is -0.352 e. The van der Waals surface area contributed by atoms with E-state index in [1.54, 1.807) is 11.1 Å². The van der Waals surface area contributed by atoms with E-state index in [0.717, 1.165) is 24.1 Å². The van der Waals surface area contributed by atoms with Crippen molar-refractivity contribution < 1.29 is 9.59 Å². The number of para-hydroxylation sites is 1. The molecule has 2 aliphatic rings. The van der Waals surface area contributed by atoms with Crippen molar-refractivity contribution in [2.75, 3.05) is 13.1 Å². The second kappa shape index (κ2) is 6.34. The van der Waals surface area contributed by atoms with Crippen LogP contribution in [0.4, 0.5) is 0 Å². The molecule has 1 N–H and O–H groups in total. The fraction of sp³-hybridized carbons (Fsp3) is 0.227. The summed E-state index contributed by atoms with van der Waals surface area (Å²) in [7, 11) is 0. The summed E-state index contributed by atoms with van der Waals surface area (Å²) in [4.78, 5) is 32.0. The van der Waals surface area contributed by atoms with Crippen molar-refractivity contribution in [3.8, 4) is 17.1 Å². The zero-order valence-corrected chi connectivity index (χ0v) is 15.3. The highest BCUT2D eigenvalue weighted by atomic mass is 16.2. The number of nitrogens with one attached hydrogen (secondary N) is 1. The summed E-state index contributed by atoms with van der Waals surface area (Å²) in [5.74, 6) is 0.485. The SMILES string of the molecule is O=C(c1cn(-c2ccccc2)c(-c2ccccc2)n1)N1CCNC(=O)C12CC2. The molecule has 1 saturated heterocycles. The largest absolute Gasteiger partial charge is 0.352 e. The fourth-order valence-corrected chi connectivity index (χ4v) is 3.89. The molecule has 2 amide bonds. The highest BCUT2D eigenvalue weighted by molar-refractivity contribution is 6.00.